The molecule has 0 aromatic heterocycles. The van der Waals surface area contributed by atoms with Gasteiger partial charge in [-0.2, -0.15) is 0 Å². The summed E-state index contributed by atoms with van der Waals surface area (Å²) in [5.41, 5.74) is 1.28. The second kappa shape index (κ2) is 7.37. The van der Waals surface area contributed by atoms with E-state index in [1.54, 1.807) is 30.0 Å². The Morgan fingerprint density at radius 3 is 2.29 bits per heavy atom. The summed E-state index contributed by atoms with van der Waals surface area (Å²) in [6.45, 7) is 0. The summed E-state index contributed by atoms with van der Waals surface area (Å²) in [6.07, 6.45) is 5.23. The zero-order valence-corrected chi connectivity index (χ0v) is 14.2. The number of allylic oxidation sites excluding steroid dienone is 1. The number of carbonyl (C=O) groups is 1. The van der Waals surface area contributed by atoms with Gasteiger partial charge in [-0.05, 0) is 42.2 Å². The van der Waals surface area contributed by atoms with E-state index in [1.807, 2.05) is 30.5 Å². The zero-order valence-electron chi connectivity index (χ0n) is 11.1. The van der Waals surface area contributed by atoms with E-state index in [-0.39, 0.29) is 15.8 Å². The summed E-state index contributed by atoms with van der Waals surface area (Å²) in [4.78, 5) is 13.3. The van der Waals surface area contributed by atoms with Gasteiger partial charge >= 0.3 is 0 Å². The van der Waals surface area contributed by atoms with Gasteiger partial charge in [0.15, 0.2) is 5.78 Å². The standard InChI is InChI=1S/C16H11Cl3OS/c1-21-11-5-2-10(3-6-11)4-9-14(20)12-7-8-13(17)16(19)15(12)18/h2-9H,1H3/b9-4+. The number of halogens is 3. The predicted octanol–water partition coefficient (Wildman–Crippen LogP) is 6.26. The number of carbonyl (C=O) groups excluding carboxylic acids is 1. The minimum atomic E-state index is -0.215. The Bertz CT molecular complexity index is 693. The molecule has 0 aliphatic rings. The molecule has 0 aliphatic heterocycles. The average Bonchev–Trinajstić information content (AvgIpc) is 2.51. The lowest BCUT2D eigenvalue weighted by Crippen LogP contribution is -1.96. The molecule has 0 spiro atoms. The van der Waals surface area contributed by atoms with E-state index in [2.05, 4.69) is 0 Å². The van der Waals surface area contributed by atoms with Gasteiger partial charge in [0.2, 0.25) is 0 Å². The van der Waals surface area contributed by atoms with Gasteiger partial charge in [-0.1, -0.05) is 53.0 Å². The minimum absolute atomic E-state index is 0.177. The molecule has 1 nitrogen and oxygen atoms in total. The smallest absolute Gasteiger partial charge is 0.187 e. The van der Waals surface area contributed by atoms with Crippen LogP contribution in [-0.2, 0) is 0 Å². The Labute approximate surface area is 142 Å². The summed E-state index contributed by atoms with van der Waals surface area (Å²) in [5.74, 6) is -0.215. The van der Waals surface area contributed by atoms with Gasteiger partial charge in [0.05, 0.1) is 15.1 Å². The third kappa shape index (κ3) is 4.04. The predicted molar refractivity (Wildman–Crippen MR) is 93.1 cm³/mol. The third-order valence-electron chi connectivity index (χ3n) is 2.84. The highest BCUT2D eigenvalue weighted by Gasteiger charge is 2.12. The van der Waals surface area contributed by atoms with E-state index in [9.17, 15) is 4.79 Å². The zero-order chi connectivity index (χ0) is 15.4. The van der Waals surface area contributed by atoms with Crippen molar-refractivity contribution in [3.05, 3.63) is 68.7 Å². The summed E-state index contributed by atoms with van der Waals surface area (Å²) < 4.78 is 0. The Morgan fingerprint density at radius 2 is 1.67 bits per heavy atom. The van der Waals surface area contributed by atoms with E-state index in [4.69, 9.17) is 34.8 Å². The van der Waals surface area contributed by atoms with Crippen LogP contribution in [0, 0.1) is 0 Å². The number of ketones is 1. The summed E-state index contributed by atoms with van der Waals surface area (Å²) in [7, 11) is 0. The monoisotopic (exact) mass is 356 g/mol. The molecule has 0 saturated heterocycles. The van der Waals surface area contributed by atoms with Crippen LogP contribution in [0.2, 0.25) is 15.1 Å². The molecule has 0 bridgehead atoms. The Balaban J connectivity index is 2.21. The van der Waals surface area contributed by atoms with Crippen LogP contribution in [0.25, 0.3) is 6.08 Å². The number of hydrogen-bond acceptors (Lipinski definition) is 2. The van der Waals surface area contributed by atoms with Gasteiger partial charge in [-0.15, -0.1) is 11.8 Å². The topological polar surface area (TPSA) is 17.1 Å². The van der Waals surface area contributed by atoms with Crippen molar-refractivity contribution in [2.45, 2.75) is 4.90 Å². The first-order chi connectivity index (χ1) is 10.0. The molecule has 0 fully saturated rings. The van der Waals surface area contributed by atoms with Crippen LogP contribution in [0.3, 0.4) is 0 Å². The van der Waals surface area contributed by atoms with Crippen molar-refractivity contribution >= 4 is 58.4 Å². The van der Waals surface area contributed by atoms with Crippen molar-refractivity contribution in [1.29, 1.82) is 0 Å². The summed E-state index contributed by atoms with van der Waals surface area (Å²) in [6, 6.07) is 11.0. The van der Waals surface area contributed by atoms with Crippen LogP contribution in [0.5, 0.6) is 0 Å². The Morgan fingerprint density at radius 1 is 1.00 bits per heavy atom. The molecule has 0 unspecified atom stereocenters. The van der Waals surface area contributed by atoms with Crippen molar-refractivity contribution in [1.82, 2.24) is 0 Å². The largest absolute Gasteiger partial charge is 0.289 e. The lowest BCUT2D eigenvalue weighted by atomic mass is 10.1. The quantitative estimate of drug-likeness (QED) is 0.278. The van der Waals surface area contributed by atoms with Gasteiger partial charge < -0.3 is 0 Å². The number of hydrogen-bond donors (Lipinski definition) is 0. The minimum Gasteiger partial charge on any atom is -0.289 e. The van der Waals surface area contributed by atoms with Crippen molar-refractivity contribution < 1.29 is 4.79 Å². The molecular weight excluding hydrogens is 347 g/mol. The number of benzene rings is 2. The SMILES string of the molecule is CSc1ccc(/C=C/C(=O)c2ccc(Cl)c(Cl)c2Cl)cc1. The van der Waals surface area contributed by atoms with Crippen LogP contribution in [0.1, 0.15) is 15.9 Å². The molecule has 5 heteroatoms. The highest BCUT2D eigenvalue weighted by atomic mass is 35.5. The van der Waals surface area contributed by atoms with Crippen molar-refractivity contribution in [2.75, 3.05) is 6.26 Å². The maximum Gasteiger partial charge on any atom is 0.187 e. The van der Waals surface area contributed by atoms with Gasteiger partial charge in [0, 0.05) is 10.5 Å². The van der Waals surface area contributed by atoms with E-state index in [0.29, 0.717) is 10.6 Å². The first kappa shape index (κ1) is 16.4. The Kier molecular flexibility index (Phi) is 5.77. The molecule has 2 rings (SSSR count). The first-order valence-corrected chi connectivity index (χ1v) is 8.38. The van der Waals surface area contributed by atoms with E-state index < -0.39 is 0 Å². The van der Waals surface area contributed by atoms with E-state index >= 15 is 0 Å². The highest BCUT2D eigenvalue weighted by Crippen LogP contribution is 2.33. The summed E-state index contributed by atoms with van der Waals surface area (Å²) >= 11 is 19.5. The molecule has 0 heterocycles. The molecule has 0 radical (unpaired) electrons. The fourth-order valence-corrected chi connectivity index (χ4v) is 2.73. The molecule has 2 aromatic carbocycles. The summed E-state index contributed by atoms with van der Waals surface area (Å²) in [5, 5.41) is 0.702. The van der Waals surface area contributed by atoms with Gasteiger partial charge in [0.1, 0.15) is 0 Å². The molecule has 108 valence electrons. The normalized spacial score (nSPS) is 11.0. The fraction of sp³-hybridized carbons (Fsp3) is 0.0625. The Hall–Kier alpha value is -0.930. The highest BCUT2D eigenvalue weighted by molar-refractivity contribution is 7.98. The van der Waals surface area contributed by atoms with Crippen molar-refractivity contribution in [2.24, 2.45) is 0 Å². The van der Waals surface area contributed by atoms with Crippen molar-refractivity contribution in [3.63, 3.8) is 0 Å². The van der Waals surface area contributed by atoms with Crippen LogP contribution in [-0.4, -0.2) is 12.0 Å². The van der Waals surface area contributed by atoms with E-state index in [0.717, 1.165) is 5.56 Å². The van der Waals surface area contributed by atoms with Gasteiger partial charge in [0.25, 0.3) is 0 Å². The molecule has 0 saturated carbocycles. The maximum atomic E-state index is 12.1. The van der Waals surface area contributed by atoms with Gasteiger partial charge in [-0.3, -0.25) is 4.79 Å². The first-order valence-electron chi connectivity index (χ1n) is 6.03. The average molecular weight is 358 g/mol. The molecule has 0 N–H and O–H groups in total. The molecular formula is C16H11Cl3OS. The second-order valence-corrected chi connectivity index (χ2v) is 6.24. The third-order valence-corrected chi connectivity index (χ3v) is 4.88. The molecule has 21 heavy (non-hydrogen) atoms. The van der Waals surface area contributed by atoms with Crippen LogP contribution >= 0.6 is 46.6 Å². The van der Waals surface area contributed by atoms with Crippen LogP contribution < -0.4 is 0 Å². The van der Waals surface area contributed by atoms with Gasteiger partial charge in [-0.25, -0.2) is 0 Å². The van der Waals surface area contributed by atoms with Crippen molar-refractivity contribution in [3.8, 4) is 0 Å². The fourth-order valence-electron chi connectivity index (χ4n) is 1.69. The van der Waals surface area contributed by atoms with E-state index in [1.165, 1.54) is 11.0 Å². The second-order valence-electron chi connectivity index (χ2n) is 4.19. The number of thioether (sulfide) groups is 1. The maximum absolute atomic E-state index is 12.1. The molecule has 0 aliphatic carbocycles. The number of rotatable bonds is 4. The lowest BCUT2D eigenvalue weighted by Gasteiger charge is -2.04. The molecule has 0 atom stereocenters. The lowest BCUT2D eigenvalue weighted by molar-refractivity contribution is 0.104. The van der Waals surface area contributed by atoms with Crippen LogP contribution in [0.4, 0.5) is 0 Å². The van der Waals surface area contributed by atoms with Crippen LogP contribution in [0.15, 0.2) is 47.4 Å². The molecule has 0 amide bonds. The molecule has 2 aromatic rings.